The third-order valence-corrected chi connectivity index (χ3v) is 9.73. The largest absolute Gasteiger partial charge is 0.497 e. The quantitative estimate of drug-likeness (QED) is 0.153. The van der Waals surface area contributed by atoms with Gasteiger partial charge in [0.05, 0.1) is 55.9 Å². The number of aryl methyl sites for hydroxylation is 1. The number of nitrogens with zero attached hydrogens (tertiary/aromatic N) is 7. The minimum atomic E-state index is -4.21. The predicted molar refractivity (Wildman–Crippen MR) is 184 cm³/mol. The van der Waals surface area contributed by atoms with Crippen LogP contribution in [-0.4, -0.2) is 64.2 Å². The van der Waals surface area contributed by atoms with E-state index in [0.29, 0.717) is 29.3 Å². The fourth-order valence-electron chi connectivity index (χ4n) is 5.26. The van der Waals surface area contributed by atoms with Crippen LogP contribution in [0.5, 0.6) is 17.2 Å². The van der Waals surface area contributed by atoms with E-state index in [-0.39, 0.29) is 29.4 Å². The van der Waals surface area contributed by atoms with E-state index in [0.717, 1.165) is 28.1 Å². The molecular formula is C36H35N7O5S. The molecule has 0 radical (unpaired) electrons. The van der Waals surface area contributed by atoms with Crippen molar-refractivity contribution in [2.45, 2.75) is 31.5 Å². The lowest BCUT2D eigenvalue weighted by Gasteiger charge is -2.24. The predicted octanol–water partition coefficient (Wildman–Crippen LogP) is 5.57. The first kappa shape index (κ1) is 33.2. The normalized spacial score (nSPS) is 11.4. The van der Waals surface area contributed by atoms with Crippen LogP contribution in [0.3, 0.4) is 0 Å². The van der Waals surface area contributed by atoms with Crippen molar-refractivity contribution in [3.63, 3.8) is 0 Å². The van der Waals surface area contributed by atoms with Crippen LogP contribution in [0.2, 0.25) is 0 Å². The lowest BCUT2D eigenvalue weighted by Crippen LogP contribution is -2.31. The molecule has 0 aliphatic carbocycles. The monoisotopic (exact) mass is 677 g/mol. The maximum atomic E-state index is 14.9. The molecule has 0 aliphatic heterocycles. The number of methoxy groups -OCH3 is 3. The van der Waals surface area contributed by atoms with E-state index in [9.17, 15) is 8.42 Å². The molecule has 6 rings (SSSR count). The van der Waals surface area contributed by atoms with Gasteiger partial charge >= 0.3 is 0 Å². The molecule has 2 aromatic heterocycles. The van der Waals surface area contributed by atoms with E-state index < -0.39 is 10.0 Å². The number of aromatic nitrogens is 6. The van der Waals surface area contributed by atoms with Gasteiger partial charge in [-0.25, -0.2) is 8.42 Å². The molecule has 0 amide bonds. The van der Waals surface area contributed by atoms with Crippen molar-refractivity contribution < 1.29 is 22.6 Å². The standard InChI is InChI=1S/C36H35N7O5S/c1-25-20-38-33(21-37-25)32-6-5-7-34(35(32)36-39-41-43(40-36)24-28-12-18-31(48-4)19-13-28)49(44,45)42(22-26-8-14-29(46-2)15-9-26)23-27-10-16-30(47-3)17-11-27/h5-21H,22-24H2,1-4H3. The van der Waals surface area contributed by atoms with Crippen molar-refractivity contribution in [3.05, 3.63) is 126 Å². The smallest absolute Gasteiger partial charge is 0.244 e. The number of ether oxygens (including phenoxy) is 3. The molecule has 13 heteroatoms. The SMILES string of the molecule is COc1ccc(CN(Cc2ccc(OC)cc2)S(=O)(=O)c2cccc(-c3cnc(C)cn3)c2-c2nnn(Cc3ccc(OC)cc3)n2)cc1. The summed E-state index contributed by atoms with van der Waals surface area (Å²) in [5.74, 6) is 2.21. The van der Waals surface area contributed by atoms with Gasteiger partial charge in [-0.2, -0.15) is 9.10 Å². The minimum absolute atomic E-state index is 0.0124. The Morgan fingerprint density at radius 2 is 1.24 bits per heavy atom. The highest BCUT2D eigenvalue weighted by Crippen LogP contribution is 2.37. The van der Waals surface area contributed by atoms with Crippen molar-refractivity contribution in [3.8, 4) is 39.9 Å². The van der Waals surface area contributed by atoms with Crippen LogP contribution in [0.25, 0.3) is 22.6 Å². The summed E-state index contributed by atoms with van der Waals surface area (Å²) in [5.41, 5.74) is 4.46. The minimum Gasteiger partial charge on any atom is -0.497 e. The molecule has 250 valence electrons. The Kier molecular flexibility index (Phi) is 9.92. The zero-order valence-electron chi connectivity index (χ0n) is 27.5. The molecule has 2 heterocycles. The molecule has 0 fully saturated rings. The van der Waals surface area contributed by atoms with Crippen LogP contribution >= 0.6 is 0 Å². The van der Waals surface area contributed by atoms with Crippen molar-refractivity contribution in [2.75, 3.05) is 21.3 Å². The first-order valence-corrected chi connectivity index (χ1v) is 16.8. The highest BCUT2D eigenvalue weighted by Gasteiger charge is 2.31. The summed E-state index contributed by atoms with van der Waals surface area (Å²) in [6, 6.07) is 27.2. The average molecular weight is 678 g/mol. The van der Waals surface area contributed by atoms with Gasteiger partial charge in [0, 0.05) is 24.8 Å². The summed E-state index contributed by atoms with van der Waals surface area (Å²) < 4.78 is 47.2. The lowest BCUT2D eigenvalue weighted by atomic mass is 10.0. The summed E-state index contributed by atoms with van der Waals surface area (Å²) in [7, 11) is 0.570. The second kappa shape index (κ2) is 14.6. The number of tetrazole rings is 1. The van der Waals surface area contributed by atoms with Crippen LogP contribution in [0.4, 0.5) is 0 Å². The molecule has 0 N–H and O–H groups in total. The van der Waals surface area contributed by atoms with Crippen LogP contribution in [0.15, 0.2) is 108 Å². The molecule has 0 aliphatic rings. The van der Waals surface area contributed by atoms with Crippen LogP contribution in [-0.2, 0) is 29.7 Å². The summed E-state index contributed by atoms with van der Waals surface area (Å²) in [6.45, 7) is 2.32. The molecule has 4 aromatic carbocycles. The highest BCUT2D eigenvalue weighted by molar-refractivity contribution is 7.89. The Morgan fingerprint density at radius 3 is 1.76 bits per heavy atom. The van der Waals surface area contributed by atoms with Crippen molar-refractivity contribution in [1.82, 2.24) is 34.5 Å². The molecule has 0 atom stereocenters. The van der Waals surface area contributed by atoms with Crippen molar-refractivity contribution >= 4 is 10.0 Å². The van der Waals surface area contributed by atoms with Gasteiger partial charge < -0.3 is 14.2 Å². The lowest BCUT2D eigenvalue weighted by molar-refractivity contribution is 0.398. The maximum absolute atomic E-state index is 14.9. The molecule has 49 heavy (non-hydrogen) atoms. The summed E-state index contributed by atoms with van der Waals surface area (Å²) >= 11 is 0. The van der Waals surface area contributed by atoms with Crippen LogP contribution in [0, 0.1) is 6.92 Å². The van der Waals surface area contributed by atoms with Gasteiger partial charge in [-0.3, -0.25) is 9.97 Å². The van der Waals surface area contributed by atoms with Gasteiger partial charge in [0.25, 0.3) is 0 Å². The number of sulfonamides is 1. The van der Waals surface area contributed by atoms with Crippen molar-refractivity contribution in [1.29, 1.82) is 0 Å². The summed E-state index contributed by atoms with van der Waals surface area (Å²) in [6.07, 6.45) is 3.24. The second-order valence-corrected chi connectivity index (χ2v) is 13.1. The van der Waals surface area contributed by atoms with Gasteiger partial charge in [-0.1, -0.05) is 48.5 Å². The molecular weight excluding hydrogens is 643 g/mol. The zero-order chi connectivity index (χ0) is 34.4. The van der Waals surface area contributed by atoms with Gasteiger partial charge in [-0.05, 0) is 71.3 Å². The van der Waals surface area contributed by atoms with Crippen LogP contribution in [0.1, 0.15) is 22.4 Å². The fraction of sp³-hybridized carbons (Fsp3) is 0.194. The molecule has 6 aromatic rings. The Labute approximate surface area is 285 Å². The van der Waals surface area contributed by atoms with E-state index in [1.54, 1.807) is 76.2 Å². The number of rotatable bonds is 13. The number of hydrogen-bond donors (Lipinski definition) is 0. The Balaban J connectivity index is 1.46. The molecule has 0 saturated carbocycles. The molecule has 0 bridgehead atoms. The van der Waals surface area contributed by atoms with Gasteiger partial charge in [0.15, 0.2) is 0 Å². The highest BCUT2D eigenvalue weighted by atomic mass is 32.2. The van der Waals surface area contributed by atoms with E-state index in [1.807, 2.05) is 55.5 Å². The molecule has 0 unspecified atom stereocenters. The molecule has 0 spiro atoms. The Morgan fingerprint density at radius 1 is 0.694 bits per heavy atom. The maximum Gasteiger partial charge on any atom is 0.244 e. The van der Waals surface area contributed by atoms with Gasteiger partial charge in [-0.15, -0.1) is 10.2 Å². The van der Waals surface area contributed by atoms with E-state index in [1.165, 1.54) is 9.10 Å². The first-order valence-electron chi connectivity index (χ1n) is 15.4. The van der Waals surface area contributed by atoms with Gasteiger partial charge in [0.2, 0.25) is 15.8 Å². The van der Waals surface area contributed by atoms with Crippen LogP contribution < -0.4 is 14.2 Å². The van der Waals surface area contributed by atoms with Gasteiger partial charge in [0.1, 0.15) is 17.2 Å². The number of hydrogen-bond acceptors (Lipinski definition) is 10. The third-order valence-electron chi connectivity index (χ3n) is 7.90. The summed E-state index contributed by atoms with van der Waals surface area (Å²) in [5, 5.41) is 13.3. The second-order valence-electron chi connectivity index (χ2n) is 11.2. The molecule has 12 nitrogen and oxygen atoms in total. The Hall–Kier alpha value is -5.66. The number of benzene rings is 4. The third kappa shape index (κ3) is 7.58. The fourth-order valence-corrected chi connectivity index (χ4v) is 6.89. The van der Waals surface area contributed by atoms with E-state index in [2.05, 4.69) is 25.4 Å². The van der Waals surface area contributed by atoms with Crippen molar-refractivity contribution in [2.24, 2.45) is 0 Å². The first-order chi connectivity index (χ1) is 23.8. The summed E-state index contributed by atoms with van der Waals surface area (Å²) in [4.78, 5) is 10.4. The Bertz CT molecular complexity index is 2070. The van der Waals surface area contributed by atoms with E-state index in [4.69, 9.17) is 14.2 Å². The molecule has 0 saturated heterocycles. The van der Waals surface area contributed by atoms with E-state index >= 15 is 0 Å². The average Bonchev–Trinajstić information content (AvgIpc) is 3.60. The topological polar surface area (TPSA) is 134 Å². The zero-order valence-corrected chi connectivity index (χ0v) is 28.3.